The van der Waals surface area contributed by atoms with Crippen LogP contribution in [0.15, 0.2) is 0 Å². The van der Waals surface area contributed by atoms with E-state index in [2.05, 4.69) is 17.6 Å². The summed E-state index contributed by atoms with van der Waals surface area (Å²) in [6.45, 7) is 3.06. The number of carbonyl (C=O) groups is 1. The van der Waals surface area contributed by atoms with Crippen molar-refractivity contribution in [1.29, 1.82) is 0 Å². The van der Waals surface area contributed by atoms with Crippen molar-refractivity contribution < 1.29 is 4.79 Å². The summed E-state index contributed by atoms with van der Waals surface area (Å²) in [5.74, 6) is 0. The van der Waals surface area contributed by atoms with Gasteiger partial charge in [-0.1, -0.05) is 19.8 Å². The molecule has 0 radical (unpaired) electrons. The van der Waals surface area contributed by atoms with Crippen molar-refractivity contribution in [3.63, 3.8) is 0 Å². The highest BCUT2D eigenvalue weighted by Gasteiger charge is 2.37. The molecule has 0 aromatic rings. The topological polar surface area (TPSA) is 41.1 Å². The molecule has 2 aliphatic rings. The van der Waals surface area contributed by atoms with E-state index >= 15 is 0 Å². The SMILES string of the molecule is CC1(CNC(=O)NC2CCCC2)CC1. The molecule has 0 bridgehead atoms. The molecule has 2 amide bonds. The molecule has 2 fully saturated rings. The van der Waals surface area contributed by atoms with E-state index in [0.29, 0.717) is 11.5 Å². The molecule has 3 nitrogen and oxygen atoms in total. The molecule has 2 rings (SSSR count). The molecule has 0 saturated heterocycles. The fourth-order valence-electron chi connectivity index (χ4n) is 1.99. The van der Waals surface area contributed by atoms with Gasteiger partial charge in [0.15, 0.2) is 0 Å². The Kier molecular flexibility index (Phi) is 2.66. The molecule has 0 heterocycles. The van der Waals surface area contributed by atoms with Crippen molar-refractivity contribution in [2.75, 3.05) is 6.54 Å². The minimum Gasteiger partial charge on any atom is -0.338 e. The number of urea groups is 1. The van der Waals surface area contributed by atoms with Crippen LogP contribution in [0.25, 0.3) is 0 Å². The van der Waals surface area contributed by atoms with E-state index in [-0.39, 0.29) is 6.03 Å². The zero-order valence-electron chi connectivity index (χ0n) is 8.94. The maximum absolute atomic E-state index is 11.5. The molecule has 0 atom stereocenters. The van der Waals surface area contributed by atoms with Crippen LogP contribution in [-0.2, 0) is 0 Å². The molecular formula is C11H20N2O. The molecule has 0 spiro atoms. The zero-order chi connectivity index (χ0) is 10.0. The quantitative estimate of drug-likeness (QED) is 0.712. The normalized spacial score (nSPS) is 24.6. The molecule has 2 N–H and O–H groups in total. The maximum Gasteiger partial charge on any atom is 0.315 e. The number of rotatable bonds is 3. The van der Waals surface area contributed by atoms with Gasteiger partial charge in [0.2, 0.25) is 0 Å². The summed E-state index contributed by atoms with van der Waals surface area (Å²) in [4.78, 5) is 11.5. The van der Waals surface area contributed by atoms with Gasteiger partial charge in [0, 0.05) is 12.6 Å². The first-order valence-corrected chi connectivity index (χ1v) is 5.72. The minimum atomic E-state index is 0.0324. The number of hydrogen-bond acceptors (Lipinski definition) is 1. The minimum absolute atomic E-state index is 0.0324. The van der Waals surface area contributed by atoms with Gasteiger partial charge in [-0.15, -0.1) is 0 Å². The molecular weight excluding hydrogens is 176 g/mol. The Morgan fingerprint density at radius 1 is 1.36 bits per heavy atom. The van der Waals surface area contributed by atoms with Crippen LogP contribution in [0.3, 0.4) is 0 Å². The Bertz CT molecular complexity index is 217. The van der Waals surface area contributed by atoms with Crippen LogP contribution in [0.1, 0.15) is 45.4 Å². The molecule has 2 saturated carbocycles. The Morgan fingerprint density at radius 3 is 2.57 bits per heavy atom. The van der Waals surface area contributed by atoms with Crippen LogP contribution in [0.4, 0.5) is 4.79 Å². The highest BCUT2D eigenvalue weighted by atomic mass is 16.2. The number of hydrogen-bond donors (Lipinski definition) is 2. The van der Waals surface area contributed by atoms with Gasteiger partial charge in [-0.2, -0.15) is 0 Å². The number of carbonyl (C=O) groups excluding carboxylic acids is 1. The zero-order valence-corrected chi connectivity index (χ0v) is 8.94. The summed E-state index contributed by atoms with van der Waals surface area (Å²) < 4.78 is 0. The fraction of sp³-hybridized carbons (Fsp3) is 0.909. The highest BCUT2D eigenvalue weighted by molar-refractivity contribution is 5.74. The largest absolute Gasteiger partial charge is 0.338 e. The standard InChI is InChI=1S/C11H20N2O/c1-11(6-7-11)8-12-10(14)13-9-4-2-3-5-9/h9H,2-8H2,1H3,(H2,12,13,14). The smallest absolute Gasteiger partial charge is 0.315 e. The number of nitrogens with one attached hydrogen (secondary N) is 2. The van der Waals surface area contributed by atoms with Crippen molar-refractivity contribution in [2.45, 2.75) is 51.5 Å². The lowest BCUT2D eigenvalue weighted by Crippen LogP contribution is -2.42. The molecule has 0 aromatic heterocycles. The van der Waals surface area contributed by atoms with E-state index < -0.39 is 0 Å². The van der Waals surface area contributed by atoms with Gasteiger partial charge < -0.3 is 10.6 Å². The van der Waals surface area contributed by atoms with Crippen molar-refractivity contribution >= 4 is 6.03 Å². The Hall–Kier alpha value is -0.730. The van der Waals surface area contributed by atoms with Crippen LogP contribution in [0, 0.1) is 5.41 Å². The van der Waals surface area contributed by atoms with E-state index in [4.69, 9.17) is 0 Å². The third-order valence-corrected chi connectivity index (χ3v) is 3.47. The Morgan fingerprint density at radius 2 is 2.00 bits per heavy atom. The third kappa shape index (κ3) is 2.63. The molecule has 0 aromatic carbocycles. The first-order chi connectivity index (χ1) is 6.68. The molecule has 14 heavy (non-hydrogen) atoms. The molecule has 80 valence electrons. The lowest BCUT2D eigenvalue weighted by atomic mass is 10.1. The summed E-state index contributed by atoms with van der Waals surface area (Å²) in [7, 11) is 0. The average Bonchev–Trinajstić information content (AvgIpc) is 2.67. The van der Waals surface area contributed by atoms with E-state index in [9.17, 15) is 4.79 Å². The van der Waals surface area contributed by atoms with Gasteiger partial charge in [0.05, 0.1) is 0 Å². The predicted octanol–water partition coefficient (Wildman–Crippen LogP) is 2.03. The molecule has 3 heteroatoms. The van der Waals surface area contributed by atoms with Crippen LogP contribution >= 0.6 is 0 Å². The second-order valence-corrected chi connectivity index (χ2v) is 5.12. The molecule has 2 aliphatic carbocycles. The third-order valence-electron chi connectivity index (χ3n) is 3.47. The fourth-order valence-corrected chi connectivity index (χ4v) is 1.99. The number of amides is 2. The first kappa shape index (κ1) is 9.81. The van der Waals surface area contributed by atoms with Crippen LogP contribution in [-0.4, -0.2) is 18.6 Å². The second-order valence-electron chi connectivity index (χ2n) is 5.12. The summed E-state index contributed by atoms with van der Waals surface area (Å²) in [5, 5.41) is 5.99. The summed E-state index contributed by atoms with van der Waals surface area (Å²) in [6.07, 6.45) is 7.37. The average molecular weight is 196 g/mol. The van der Waals surface area contributed by atoms with Gasteiger partial charge in [-0.05, 0) is 31.1 Å². The van der Waals surface area contributed by atoms with Crippen LogP contribution in [0.5, 0.6) is 0 Å². The summed E-state index contributed by atoms with van der Waals surface area (Å²) in [6, 6.07) is 0.465. The van der Waals surface area contributed by atoms with E-state index in [1.54, 1.807) is 0 Å². The predicted molar refractivity (Wildman–Crippen MR) is 56.1 cm³/mol. The lowest BCUT2D eigenvalue weighted by molar-refractivity contribution is 0.235. The van der Waals surface area contributed by atoms with Crippen LogP contribution < -0.4 is 10.6 Å². The van der Waals surface area contributed by atoms with E-state index in [1.807, 2.05) is 0 Å². The van der Waals surface area contributed by atoms with Gasteiger partial charge in [0.25, 0.3) is 0 Å². The van der Waals surface area contributed by atoms with Gasteiger partial charge in [-0.3, -0.25) is 0 Å². The molecule has 0 unspecified atom stereocenters. The van der Waals surface area contributed by atoms with Crippen molar-refractivity contribution in [3.8, 4) is 0 Å². The van der Waals surface area contributed by atoms with E-state index in [1.165, 1.54) is 25.7 Å². The summed E-state index contributed by atoms with van der Waals surface area (Å²) >= 11 is 0. The first-order valence-electron chi connectivity index (χ1n) is 5.72. The van der Waals surface area contributed by atoms with Crippen molar-refractivity contribution in [1.82, 2.24) is 10.6 Å². The second kappa shape index (κ2) is 3.79. The molecule has 0 aliphatic heterocycles. The van der Waals surface area contributed by atoms with Gasteiger partial charge >= 0.3 is 6.03 Å². The monoisotopic (exact) mass is 196 g/mol. The Labute approximate surface area is 85.6 Å². The van der Waals surface area contributed by atoms with Crippen LogP contribution in [0.2, 0.25) is 0 Å². The lowest BCUT2D eigenvalue weighted by Gasteiger charge is -2.14. The maximum atomic E-state index is 11.5. The van der Waals surface area contributed by atoms with Gasteiger partial charge in [0.1, 0.15) is 0 Å². The van der Waals surface area contributed by atoms with Crippen molar-refractivity contribution in [2.24, 2.45) is 5.41 Å². The van der Waals surface area contributed by atoms with Gasteiger partial charge in [-0.25, -0.2) is 4.79 Å². The Balaban J connectivity index is 1.62. The van der Waals surface area contributed by atoms with Crippen molar-refractivity contribution in [3.05, 3.63) is 0 Å². The van der Waals surface area contributed by atoms with E-state index in [0.717, 1.165) is 19.4 Å². The summed E-state index contributed by atoms with van der Waals surface area (Å²) in [5.41, 5.74) is 0.410. The highest BCUT2D eigenvalue weighted by Crippen LogP contribution is 2.43.